The van der Waals surface area contributed by atoms with Crippen LogP contribution < -0.4 is 0 Å². The lowest BCUT2D eigenvalue weighted by atomic mass is 10.1. The van der Waals surface area contributed by atoms with E-state index in [-0.39, 0.29) is 0 Å². The molecule has 0 heterocycles. The first-order chi connectivity index (χ1) is 14.5. The molecule has 0 aromatic heterocycles. The van der Waals surface area contributed by atoms with Gasteiger partial charge in [-0.05, 0) is 67.5 Å². The average molecular weight is 389 g/mol. The van der Waals surface area contributed by atoms with Crippen molar-refractivity contribution < 1.29 is 0 Å². The minimum atomic E-state index is 0.955. The monoisotopic (exact) mass is 388 g/mol. The molecule has 5 rings (SSSR count). The van der Waals surface area contributed by atoms with E-state index in [9.17, 15) is 0 Å². The van der Waals surface area contributed by atoms with Gasteiger partial charge in [0.2, 0.25) is 0 Å². The third-order valence-corrected chi connectivity index (χ3v) is 6.26. The Bertz CT molecular complexity index is 1270. The van der Waals surface area contributed by atoms with Crippen LogP contribution in [0, 0.1) is 27.7 Å². The van der Waals surface area contributed by atoms with Crippen LogP contribution >= 0.6 is 0 Å². The predicted octanol–water partition coefficient (Wildman–Crippen LogP) is 7.33. The molecule has 2 nitrogen and oxygen atoms in total. The van der Waals surface area contributed by atoms with Gasteiger partial charge in [0.05, 0.1) is 22.8 Å². The number of aryl methyl sites for hydroxylation is 2. The molecule has 0 unspecified atom stereocenters. The van der Waals surface area contributed by atoms with Crippen molar-refractivity contribution in [3.8, 4) is 0 Å². The molecule has 0 atom stereocenters. The topological polar surface area (TPSA) is 24.7 Å². The molecule has 0 aliphatic heterocycles. The van der Waals surface area contributed by atoms with E-state index < -0.39 is 0 Å². The van der Waals surface area contributed by atoms with Crippen molar-refractivity contribution in [3.05, 3.63) is 106 Å². The van der Waals surface area contributed by atoms with E-state index in [1.165, 1.54) is 33.0 Å². The molecule has 0 radical (unpaired) electrons. The molecule has 1 aliphatic carbocycles. The Labute approximate surface area is 177 Å². The molecule has 0 bridgehead atoms. The molecule has 4 aromatic rings. The fourth-order valence-electron chi connectivity index (χ4n) is 4.17. The van der Waals surface area contributed by atoms with Gasteiger partial charge in [-0.3, -0.25) is 0 Å². The Morgan fingerprint density at radius 1 is 0.500 bits per heavy atom. The lowest BCUT2D eigenvalue weighted by molar-refractivity contribution is 1.31. The number of aliphatic imine (C=N–C) groups is 2. The molecule has 0 saturated heterocycles. The lowest BCUT2D eigenvalue weighted by Gasteiger charge is -2.09. The summed E-state index contributed by atoms with van der Waals surface area (Å²) in [5.41, 5.74) is 11.1. The van der Waals surface area contributed by atoms with Crippen LogP contribution in [0.2, 0.25) is 0 Å². The van der Waals surface area contributed by atoms with Crippen LogP contribution in [0.15, 0.2) is 82.8 Å². The number of hydrogen-bond acceptors (Lipinski definition) is 2. The fourth-order valence-corrected chi connectivity index (χ4v) is 4.17. The molecule has 146 valence electrons. The molecular formula is C28H24N2. The van der Waals surface area contributed by atoms with Crippen molar-refractivity contribution >= 4 is 33.6 Å². The normalized spacial score (nSPS) is 15.5. The Morgan fingerprint density at radius 2 is 0.933 bits per heavy atom. The van der Waals surface area contributed by atoms with Crippen LogP contribution in [0.1, 0.15) is 33.4 Å². The van der Waals surface area contributed by atoms with Gasteiger partial charge in [-0.25, -0.2) is 9.98 Å². The zero-order chi connectivity index (χ0) is 20.8. The van der Waals surface area contributed by atoms with E-state index in [0.717, 1.165) is 33.9 Å². The first-order valence-corrected chi connectivity index (χ1v) is 10.4. The SMILES string of the molecule is Cc1cccc(N=C2C(=Nc3cccc(C)c3C)c3cccc4cccc2c34)c1C. The average Bonchev–Trinajstić information content (AvgIpc) is 3.04. The maximum absolute atomic E-state index is 5.17. The third-order valence-electron chi connectivity index (χ3n) is 6.26. The van der Waals surface area contributed by atoms with Gasteiger partial charge in [-0.15, -0.1) is 0 Å². The molecule has 0 spiro atoms. The highest BCUT2D eigenvalue weighted by molar-refractivity contribution is 6.61. The van der Waals surface area contributed by atoms with Crippen LogP contribution in [0.25, 0.3) is 10.8 Å². The summed E-state index contributed by atoms with van der Waals surface area (Å²) in [6, 6.07) is 25.5. The Kier molecular flexibility index (Phi) is 4.36. The summed E-state index contributed by atoms with van der Waals surface area (Å²) >= 11 is 0. The summed E-state index contributed by atoms with van der Waals surface area (Å²) in [5, 5.41) is 2.47. The second kappa shape index (κ2) is 7.07. The van der Waals surface area contributed by atoms with Gasteiger partial charge in [0.1, 0.15) is 0 Å². The van der Waals surface area contributed by atoms with Gasteiger partial charge in [0.25, 0.3) is 0 Å². The molecule has 4 aromatic carbocycles. The number of rotatable bonds is 2. The lowest BCUT2D eigenvalue weighted by Crippen LogP contribution is -2.10. The minimum absolute atomic E-state index is 0.955. The van der Waals surface area contributed by atoms with E-state index in [2.05, 4.69) is 100 Å². The Hall–Kier alpha value is -3.52. The van der Waals surface area contributed by atoms with Crippen molar-refractivity contribution in [2.75, 3.05) is 0 Å². The summed E-state index contributed by atoms with van der Waals surface area (Å²) < 4.78 is 0. The second-order valence-electron chi connectivity index (χ2n) is 8.07. The highest BCUT2D eigenvalue weighted by Crippen LogP contribution is 2.35. The van der Waals surface area contributed by atoms with Gasteiger partial charge in [0.15, 0.2) is 0 Å². The summed E-state index contributed by atoms with van der Waals surface area (Å²) in [7, 11) is 0. The Balaban J connectivity index is 1.82. The third kappa shape index (κ3) is 2.88. The van der Waals surface area contributed by atoms with Crippen molar-refractivity contribution in [1.82, 2.24) is 0 Å². The Morgan fingerprint density at radius 3 is 1.40 bits per heavy atom. The molecule has 0 saturated carbocycles. The van der Waals surface area contributed by atoms with Crippen LogP contribution in [-0.4, -0.2) is 11.4 Å². The van der Waals surface area contributed by atoms with E-state index in [0.29, 0.717) is 0 Å². The number of benzene rings is 4. The first-order valence-electron chi connectivity index (χ1n) is 10.4. The smallest absolute Gasteiger partial charge is 0.0978 e. The van der Waals surface area contributed by atoms with Crippen LogP contribution in [0.5, 0.6) is 0 Å². The van der Waals surface area contributed by atoms with Crippen LogP contribution in [0.4, 0.5) is 11.4 Å². The quantitative estimate of drug-likeness (QED) is 0.343. The van der Waals surface area contributed by atoms with Crippen molar-refractivity contribution in [1.29, 1.82) is 0 Å². The first kappa shape index (κ1) is 18.5. The molecule has 0 N–H and O–H groups in total. The van der Waals surface area contributed by atoms with E-state index in [4.69, 9.17) is 9.98 Å². The van der Waals surface area contributed by atoms with E-state index in [1.807, 2.05) is 0 Å². The largest absolute Gasteiger partial charge is 0.246 e. The summed E-state index contributed by atoms with van der Waals surface area (Å²) in [6.07, 6.45) is 0. The second-order valence-corrected chi connectivity index (χ2v) is 8.07. The van der Waals surface area contributed by atoms with Gasteiger partial charge in [-0.1, -0.05) is 60.7 Å². The summed E-state index contributed by atoms with van der Waals surface area (Å²) in [4.78, 5) is 10.3. The molecular weight excluding hydrogens is 364 g/mol. The zero-order valence-electron chi connectivity index (χ0n) is 17.8. The fraction of sp³-hybridized carbons (Fsp3) is 0.143. The van der Waals surface area contributed by atoms with E-state index >= 15 is 0 Å². The standard InChI is InChI=1S/C28H24N2/c1-17-9-5-15-24(19(17)3)29-27-22-13-7-11-21-12-8-14-23(26(21)22)28(27)30-25-16-6-10-18(2)20(25)4/h5-16H,1-4H3. The maximum atomic E-state index is 5.17. The summed E-state index contributed by atoms with van der Waals surface area (Å²) in [5.74, 6) is 0. The summed E-state index contributed by atoms with van der Waals surface area (Å²) in [6.45, 7) is 8.54. The van der Waals surface area contributed by atoms with Gasteiger partial charge < -0.3 is 0 Å². The molecule has 0 amide bonds. The highest BCUT2D eigenvalue weighted by Gasteiger charge is 2.27. The predicted molar refractivity (Wildman–Crippen MR) is 128 cm³/mol. The zero-order valence-corrected chi connectivity index (χ0v) is 17.8. The molecule has 30 heavy (non-hydrogen) atoms. The highest BCUT2D eigenvalue weighted by atomic mass is 14.8. The van der Waals surface area contributed by atoms with Crippen molar-refractivity contribution in [3.63, 3.8) is 0 Å². The van der Waals surface area contributed by atoms with Gasteiger partial charge >= 0.3 is 0 Å². The minimum Gasteiger partial charge on any atom is -0.246 e. The van der Waals surface area contributed by atoms with Gasteiger partial charge in [0, 0.05) is 16.5 Å². The van der Waals surface area contributed by atoms with Crippen LogP contribution in [-0.2, 0) is 0 Å². The van der Waals surface area contributed by atoms with Gasteiger partial charge in [-0.2, -0.15) is 0 Å². The number of hydrogen-bond donors (Lipinski definition) is 0. The molecule has 1 aliphatic rings. The number of nitrogens with zero attached hydrogens (tertiary/aromatic N) is 2. The molecule has 0 fully saturated rings. The maximum Gasteiger partial charge on any atom is 0.0978 e. The van der Waals surface area contributed by atoms with E-state index in [1.54, 1.807) is 0 Å². The van der Waals surface area contributed by atoms with Crippen LogP contribution in [0.3, 0.4) is 0 Å². The van der Waals surface area contributed by atoms with Crippen molar-refractivity contribution in [2.24, 2.45) is 9.98 Å². The molecule has 2 heteroatoms. The van der Waals surface area contributed by atoms with Crippen molar-refractivity contribution in [2.45, 2.75) is 27.7 Å².